The number of hydrogen-bond donors (Lipinski definition) is 2. The molecule has 118 valence electrons. The van der Waals surface area contributed by atoms with Crippen LogP contribution in [-0.4, -0.2) is 30.1 Å². The number of ether oxygens (including phenoxy) is 1. The number of aromatic nitrogens is 1. The first-order valence-corrected chi connectivity index (χ1v) is 8.20. The van der Waals surface area contributed by atoms with E-state index in [2.05, 4.69) is 10.3 Å². The molecule has 1 aromatic heterocycles. The summed E-state index contributed by atoms with van der Waals surface area (Å²) in [7, 11) is 0. The number of thiazole rings is 1. The summed E-state index contributed by atoms with van der Waals surface area (Å²) in [6.45, 7) is 5.07. The maximum atomic E-state index is 12.0. The zero-order valence-corrected chi connectivity index (χ0v) is 13.7. The van der Waals surface area contributed by atoms with Gasteiger partial charge in [0.25, 0.3) is 5.91 Å². The van der Waals surface area contributed by atoms with Crippen LogP contribution in [0.3, 0.4) is 0 Å². The van der Waals surface area contributed by atoms with Gasteiger partial charge in [0.1, 0.15) is 16.5 Å². The Hall–Kier alpha value is -1.92. The van der Waals surface area contributed by atoms with Crippen molar-refractivity contribution in [2.24, 2.45) is 5.73 Å². The second kappa shape index (κ2) is 7.91. The molecule has 1 unspecified atom stereocenters. The molecule has 0 aliphatic heterocycles. The molecule has 0 aliphatic rings. The zero-order valence-electron chi connectivity index (χ0n) is 12.8. The minimum absolute atomic E-state index is 0.0788. The Morgan fingerprint density at radius 1 is 1.41 bits per heavy atom. The Balaban J connectivity index is 1.99. The number of rotatable bonds is 7. The Bertz CT molecular complexity index is 608. The van der Waals surface area contributed by atoms with E-state index in [1.54, 1.807) is 5.38 Å². The molecule has 5 nitrogen and oxygen atoms in total. The predicted octanol–water partition coefficient (Wildman–Crippen LogP) is 2.68. The molecular weight excluding hydrogens is 298 g/mol. The van der Waals surface area contributed by atoms with Crippen LogP contribution in [0.1, 0.15) is 30.8 Å². The Morgan fingerprint density at radius 2 is 2.14 bits per heavy atom. The van der Waals surface area contributed by atoms with Crippen molar-refractivity contribution < 1.29 is 9.53 Å². The minimum Gasteiger partial charge on any atom is -0.494 e. The molecule has 2 aromatic rings. The number of carbonyl (C=O) groups is 1. The third-order valence-corrected chi connectivity index (χ3v) is 3.93. The van der Waals surface area contributed by atoms with Gasteiger partial charge in [0, 0.05) is 23.5 Å². The van der Waals surface area contributed by atoms with Gasteiger partial charge < -0.3 is 15.8 Å². The van der Waals surface area contributed by atoms with Gasteiger partial charge in [0.2, 0.25) is 0 Å². The van der Waals surface area contributed by atoms with Crippen molar-refractivity contribution in [2.75, 3.05) is 13.2 Å². The van der Waals surface area contributed by atoms with E-state index < -0.39 is 0 Å². The van der Waals surface area contributed by atoms with E-state index in [4.69, 9.17) is 10.5 Å². The van der Waals surface area contributed by atoms with E-state index in [1.807, 2.05) is 38.1 Å². The average molecular weight is 319 g/mol. The molecule has 0 spiro atoms. The number of carbonyl (C=O) groups excluding carboxylic acids is 1. The second-order valence-electron chi connectivity index (χ2n) is 5.02. The lowest BCUT2D eigenvalue weighted by atomic mass is 10.2. The van der Waals surface area contributed by atoms with Crippen molar-refractivity contribution in [2.45, 2.75) is 26.3 Å². The normalized spacial score (nSPS) is 12.0. The molecule has 0 bridgehead atoms. The Morgan fingerprint density at radius 3 is 2.77 bits per heavy atom. The van der Waals surface area contributed by atoms with Crippen LogP contribution in [-0.2, 0) is 0 Å². The molecule has 22 heavy (non-hydrogen) atoms. The molecule has 1 amide bonds. The topological polar surface area (TPSA) is 77.2 Å². The van der Waals surface area contributed by atoms with E-state index in [0.717, 1.165) is 22.7 Å². The Labute approximate surface area is 134 Å². The van der Waals surface area contributed by atoms with Gasteiger partial charge in [-0.15, -0.1) is 11.3 Å². The van der Waals surface area contributed by atoms with Crippen molar-refractivity contribution in [3.63, 3.8) is 0 Å². The number of nitrogens with zero attached hydrogens (tertiary/aromatic N) is 1. The Kier molecular flexibility index (Phi) is 5.91. The third kappa shape index (κ3) is 4.54. The van der Waals surface area contributed by atoms with Crippen LogP contribution >= 0.6 is 11.3 Å². The van der Waals surface area contributed by atoms with Gasteiger partial charge in [-0.2, -0.15) is 0 Å². The maximum absolute atomic E-state index is 12.0. The van der Waals surface area contributed by atoms with Crippen molar-refractivity contribution in [3.05, 3.63) is 35.3 Å². The maximum Gasteiger partial charge on any atom is 0.270 e. The fraction of sp³-hybridized carbons (Fsp3) is 0.375. The van der Waals surface area contributed by atoms with E-state index in [-0.39, 0.29) is 11.9 Å². The first kappa shape index (κ1) is 16.5. The van der Waals surface area contributed by atoms with Crippen LogP contribution < -0.4 is 15.8 Å². The molecule has 0 radical (unpaired) electrons. The van der Waals surface area contributed by atoms with Crippen LogP contribution in [0.2, 0.25) is 0 Å². The van der Waals surface area contributed by atoms with Gasteiger partial charge in [-0.3, -0.25) is 4.79 Å². The summed E-state index contributed by atoms with van der Waals surface area (Å²) >= 11 is 1.45. The number of nitrogens with one attached hydrogen (secondary N) is 1. The highest BCUT2D eigenvalue weighted by atomic mass is 32.1. The largest absolute Gasteiger partial charge is 0.494 e. The van der Waals surface area contributed by atoms with Crippen LogP contribution in [0.5, 0.6) is 5.75 Å². The number of hydrogen-bond acceptors (Lipinski definition) is 5. The quantitative estimate of drug-likeness (QED) is 0.822. The van der Waals surface area contributed by atoms with E-state index in [1.165, 1.54) is 11.3 Å². The lowest BCUT2D eigenvalue weighted by molar-refractivity contribution is 0.0948. The standard InChI is InChI=1S/C16H21N3O2S/c1-3-21-13-6-4-12(5-7-13)16-19-14(10-22-16)15(20)18-9-8-11(2)17/h4-7,10-11H,3,8-9,17H2,1-2H3,(H,18,20). The SMILES string of the molecule is CCOc1ccc(-c2nc(C(=O)NCCC(C)N)cs2)cc1. The van der Waals surface area contributed by atoms with Crippen molar-refractivity contribution in [1.82, 2.24) is 10.3 Å². The zero-order chi connectivity index (χ0) is 15.9. The molecule has 0 saturated heterocycles. The van der Waals surface area contributed by atoms with Crippen LogP contribution in [0.15, 0.2) is 29.6 Å². The fourth-order valence-electron chi connectivity index (χ4n) is 1.87. The van der Waals surface area contributed by atoms with E-state index >= 15 is 0 Å². The number of amides is 1. The molecule has 2 rings (SSSR count). The molecular formula is C16H21N3O2S. The van der Waals surface area contributed by atoms with Gasteiger partial charge in [0.05, 0.1) is 6.61 Å². The highest BCUT2D eigenvalue weighted by Gasteiger charge is 2.11. The van der Waals surface area contributed by atoms with Crippen molar-refractivity contribution in [3.8, 4) is 16.3 Å². The lowest BCUT2D eigenvalue weighted by Crippen LogP contribution is -2.29. The highest BCUT2D eigenvalue weighted by molar-refractivity contribution is 7.13. The summed E-state index contributed by atoms with van der Waals surface area (Å²) < 4.78 is 5.41. The molecule has 1 atom stereocenters. The van der Waals surface area contributed by atoms with Crippen LogP contribution in [0.4, 0.5) is 0 Å². The van der Waals surface area contributed by atoms with Crippen LogP contribution in [0.25, 0.3) is 10.6 Å². The first-order chi connectivity index (χ1) is 10.6. The summed E-state index contributed by atoms with van der Waals surface area (Å²) in [6, 6.07) is 7.78. The molecule has 3 N–H and O–H groups in total. The lowest BCUT2D eigenvalue weighted by Gasteiger charge is -2.05. The molecule has 1 heterocycles. The van der Waals surface area contributed by atoms with Gasteiger partial charge in [-0.05, 0) is 44.5 Å². The second-order valence-corrected chi connectivity index (χ2v) is 5.88. The summed E-state index contributed by atoms with van der Waals surface area (Å²) in [5.41, 5.74) is 7.07. The van der Waals surface area contributed by atoms with Gasteiger partial charge in [-0.1, -0.05) is 0 Å². The summed E-state index contributed by atoms with van der Waals surface area (Å²) in [5, 5.41) is 5.42. The minimum atomic E-state index is -0.158. The third-order valence-electron chi connectivity index (χ3n) is 3.03. The molecule has 6 heteroatoms. The van der Waals surface area contributed by atoms with Crippen molar-refractivity contribution >= 4 is 17.2 Å². The van der Waals surface area contributed by atoms with Crippen molar-refractivity contribution in [1.29, 1.82) is 0 Å². The van der Waals surface area contributed by atoms with Crippen LogP contribution in [0, 0.1) is 0 Å². The molecule has 0 fully saturated rings. The number of benzene rings is 1. The molecule has 0 aliphatic carbocycles. The van der Waals surface area contributed by atoms with E-state index in [0.29, 0.717) is 18.8 Å². The smallest absolute Gasteiger partial charge is 0.270 e. The highest BCUT2D eigenvalue weighted by Crippen LogP contribution is 2.25. The summed E-state index contributed by atoms with van der Waals surface area (Å²) in [4.78, 5) is 16.4. The monoisotopic (exact) mass is 319 g/mol. The summed E-state index contributed by atoms with van der Waals surface area (Å²) in [5.74, 6) is 0.672. The predicted molar refractivity (Wildman–Crippen MR) is 89.3 cm³/mol. The van der Waals surface area contributed by atoms with E-state index in [9.17, 15) is 4.79 Å². The van der Waals surface area contributed by atoms with Gasteiger partial charge in [-0.25, -0.2) is 4.98 Å². The molecule has 1 aromatic carbocycles. The molecule has 0 saturated carbocycles. The fourth-order valence-corrected chi connectivity index (χ4v) is 2.68. The van der Waals surface area contributed by atoms with Gasteiger partial charge in [0.15, 0.2) is 0 Å². The summed E-state index contributed by atoms with van der Waals surface area (Å²) in [6.07, 6.45) is 0.752. The first-order valence-electron chi connectivity index (χ1n) is 7.32. The average Bonchev–Trinajstić information content (AvgIpc) is 2.98. The number of nitrogens with two attached hydrogens (primary N) is 1. The van der Waals surface area contributed by atoms with Gasteiger partial charge >= 0.3 is 0 Å².